The van der Waals surface area contributed by atoms with Crippen molar-refractivity contribution >= 4 is 15.7 Å². The van der Waals surface area contributed by atoms with E-state index in [0.717, 1.165) is 4.31 Å². The van der Waals surface area contributed by atoms with Crippen LogP contribution in [0, 0.1) is 0 Å². The maximum absolute atomic E-state index is 12.6. The molecule has 0 bridgehead atoms. The van der Waals surface area contributed by atoms with Crippen molar-refractivity contribution in [2.75, 3.05) is 33.0 Å². The average Bonchev–Trinajstić information content (AvgIpc) is 2.79. The van der Waals surface area contributed by atoms with Gasteiger partial charge in [-0.15, -0.1) is 0 Å². The van der Waals surface area contributed by atoms with Gasteiger partial charge in [-0.3, -0.25) is 0 Å². The molecule has 21 heavy (non-hydrogen) atoms. The van der Waals surface area contributed by atoms with E-state index in [4.69, 9.17) is 15.2 Å². The molecule has 0 amide bonds. The van der Waals surface area contributed by atoms with Crippen LogP contribution in [0.4, 0.5) is 5.69 Å². The minimum Gasteiger partial charge on any atom is -0.495 e. The number of rotatable bonds is 4. The van der Waals surface area contributed by atoms with Crippen molar-refractivity contribution in [3.05, 3.63) is 12.1 Å². The number of sulfonamides is 1. The number of hydrogen-bond acceptors (Lipinski definition) is 7. The highest BCUT2D eigenvalue weighted by molar-refractivity contribution is 7.89. The largest absolute Gasteiger partial charge is 0.495 e. The van der Waals surface area contributed by atoms with E-state index in [0.29, 0.717) is 5.75 Å². The molecule has 1 aromatic rings. The molecule has 1 fully saturated rings. The lowest BCUT2D eigenvalue weighted by atomic mass is 10.3. The Balaban J connectivity index is 2.47. The normalized spacial score (nSPS) is 23.2. The molecular formula is C12H18N2O6S. The summed E-state index contributed by atoms with van der Waals surface area (Å²) in [6, 6.07) is 2.62. The second kappa shape index (κ2) is 5.68. The second-order valence-corrected chi connectivity index (χ2v) is 6.61. The van der Waals surface area contributed by atoms with Crippen molar-refractivity contribution in [3.63, 3.8) is 0 Å². The molecule has 1 aromatic carbocycles. The average molecular weight is 318 g/mol. The topological polar surface area (TPSA) is 122 Å². The molecule has 0 spiro atoms. The lowest BCUT2D eigenvalue weighted by Gasteiger charge is -2.19. The molecule has 4 N–H and O–H groups in total. The highest BCUT2D eigenvalue weighted by atomic mass is 32.2. The Morgan fingerprint density at radius 3 is 2.14 bits per heavy atom. The standard InChI is InChI=1S/C12H18N2O6S/c1-19-10-4-11(20-2)12(3-7(10)13)21(17,18)14-5-8(15)9(16)6-14/h3-4,8-9,15-16H,5-6,13H2,1-2H3. The number of hydrogen-bond donors (Lipinski definition) is 3. The molecule has 2 rings (SSSR count). The summed E-state index contributed by atoms with van der Waals surface area (Å²) in [5, 5.41) is 19.0. The maximum Gasteiger partial charge on any atom is 0.247 e. The highest BCUT2D eigenvalue weighted by Crippen LogP contribution is 2.36. The van der Waals surface area contributed by atoms with Gasteiger partial charge in [0.25, 0.3) is 0 Å². The van der Waals surface area contributed by atoms with E-state index in [1.807, 2.05) is 0 Å². The van der Waals surface area contributed by atoms with Gasteiger partial charge in [0.2, 0.25) is 10.0 Å². The lowest BCUT2D eigenvalue weighted by molar-refractivity contribution is 0.0572. The number of anilines is 1. The summed E-state index contributed by atoms with van der Waals surface area (Å²) in [5.74, 6) is 0.379. The number of ether oxygens (including phenoxy) is 2. The minimum absolute atomic E-state index is 0.0805. The van der Waals surface area contributed by atoms with E-state index in [2.05, 4.69) is 0 Å². The number of methoxy groups -OCH3 is 2. The van der Waals surface area contributed by atoms with Gasteiger partial charge in [0.1, 0.15) is 16.4 Å². The molecule has 1 aliphatic rings. The molecule has 9 heteroatoms. The summed E-state index contributed by atoms with van der Waals surface area (Å²) in [6.45, 7) is -0.364. The zero-order chi connectivity index (χ0) is 15.8. The van der Waals surface area contributed by atoms with Crippen LogP contribution in [-0.2, 0) is 10.0 Å². The van der Waals surface area contributed by atoms with Crippen molar-refractivity contribution in [1.29, 1.82) is 0 Å². The summed E-state index contributed by atoms with van der Waals surface area (Å²) in [4.78, 5) is -0.135. The van der Waals surface area contributed by atoms with Gasteiger partial charge in [0, 0.05) is 19.2 Å². The number of benzene rings is 1. The van der Waals surface area contributed by atoms with Crippen LogP contribution >= 0.6 is 0 Å². The fraction of sp³-hybridized carbons (Fsp3) is 0.500. The summed E-state index contributed by atoms with van der Waals surface area (Å²) < 4.78 is 36.3. The first-order valence-corrected chi connectivity index (χ1v) is 7.63. The van der Waals surface area contributed by atoms with Crippen LogP contribution in [0.1, 0.15) is 0 Å². The van der Waals surface area contributed by atoms with Crippen LogP contribution in [0.25, 0.3) is 0 Å². The molecule has 1 saturated heterocycles. The van der Waals surface area contributed by atoms with Crippen LogP contribution in [0.3, 0.4) is 0 Å². The maximum atomic E-state index is 12.6. The second-order valence-electron chi connectivity index (χ2n) is 4.70. The van der Waals surface area contributed by atoms with Gasteiger partial charge in [-0.25, -0.2) is 8.42 Å². The van der Waals surface area contributed by atoms with Crippen molar-refractivity contribution < 1.29 is 28.1 Å². The van der Waals surface area contributed by atoms with Gasteiger partial charge >= 0.3 is 0 Å². The minimum atomic E-state index is -3.94. The molecular weight excluding hydrogens is 300 g/mol. The van der Waals surface area contributed by atoms with E-state index >= 15 is 0 Å². The van der Waals surface area contributed by atoms with Gasteiger partial charge in [-0.2, -0.15) is 4.31 Å². The molecule has 118 valence electrons. The summed E-state index contributed by atoms with van der Waals surface area (Å²) in [6.07, 6.45) is -2.22. The van der Waals surface area contributed by atoms with E-state index in [9.17, 15) is 18.6 Å². The lowest BCUT2D eigenvalue weighted by Crippen LogP contribution is -2.30. The first kappa shape index (κ1) is 15.8. The highest BCUT2D eigenvalue weighted by Gasteiger charge is 2.39. The van der Waals surface area contributed by atoms with Gasteiger partial charge in [-0.05, 0) is 6.07 Å². The van der Waals surface area contributed by atoms with Crippen LogP contribution in [0.5, 0.6) is 11.5 Å². The summed E-state index contributed by atoms with van der Waals surface area (Å²) >= 11 is 0. The zero-order valence-corrected chi connectivity index (χ0v) is 12.5. The number of nitrogen functional groups attached to an aromatic ring is 1. The fourth-order valence-electron chi connectivity index (χ4n) is 2.17. The molecule has 8 nitrogen and oxygen atoms in total. The Morgan fingerprint density at radius 1 is 1.14 bits per heavy atom. The third-order valence-corrected chi connectivity index (χ3v) is 5.21. The molecule has 0 aliphatic carbocycles. The Bertz CT molecular complexity index is 623. The predicted octanol–water partition coefficient (Wildman–Crippen LogP) is -0.988. The van der Waals surface area contributed by atoms with Crippen molar-refractivity contribution in [3.8, 4) is 11.5 Å². The Morgan fingerprint density at radius 2 is 1.67 bits per heavy atom. The third kappa shape index (κ3) is 2.77. The van der Waals surface area contributed by atoms with Crippen molar-refractivity contribution in [2.45, 2.75) is 17.1 Å². The van der Waals surface area contributed by atoms with Gasteiger partial charge in [-0.1, -0.05) is 0 Å². The number of nitrogens with two attached hydrogens (primary N) is 1. The molecule has 0 radical (unpaired) electrons. The first-order chi connectivity index (χ1) is 9.81. The van der Waals surface area contributed by atoms with Crippen LogP contribution in [0.15, 0.2) is 17.0 Å². The Kier molecular flexibility index (Phi) is 4.28. The molecule has 0 saturated carbocycles. The third-order valence-electron chi connectivity index (χ3n) is 3.36. The SMILES string of the molecule is COc1cc(OC)c(S(=O)(=O)N2CC(O)C(O)C2)cc1N. The molecule has 0 aromatic heterocycles. The fourth-order valence-corrected chi connectivity index (χ4v) is 3.81. The molecule has 1 aliphatic heterocycles. The Hall–Kier alpha value is -1.55. The molecule has 2 atom stereocenters. The van der Waals surface area contributed by atoms with Crippen molar-refractivity contribution in [2.24, 2.45) is 0 Å². The smallest absolute Gasteiger partial charge is 0.247 e. The molecule has 2 unspecified atom stereocenters. The van der Waals surface area contributed by atoms with Crippen LogP contribution in [0.2, 0.25) is 0 Å². The molecule has 1 heterocycles. The number of aliphatic hydroxyl groups is 2. The van der Waals surface area contributed by atoms with E-state index in [1.54, 1.807) is 0 Å². The predicted molar refractivity (Wildman–Crippen MR) is 74.7 cm³/mol. The van der Waals surface area contributed by atoms with Crippen LogP contribution in [-0.4, -0.2) is 62.5 Å². The first-order valence-electron chi connectivity index (χ1n) is 6.19. The van der Waals surface area contributed by atoms with Gasteiger partial charge < -0.3 is 25.4 Å². The van der Waals surface area contributed by atoms with Gasteiger partial charge in [0.05, 0.1) is 32.1 Å². The summed E-state index contributed by atoms with van der Waals surface area (Å²) in [7, 11) is -1.20. The number of β-amino-alcohol motifs (C(OH)–C–C–N with tert-alkyl or cyclic N) is 2. The number of aliphatic hydroxyl groups excluding tert-OH is 2. The van der Waals surface area contributed by atoms with E-state index in [-0.39, 0.29) is 29.4 Å². The van der Waals surface area contributed by atoms with Gasteiger partial charge in [0.15, 0.2) is 0 Å². The van der Waals surface area contributed by atoms with Crippen molar-refractivity contribution in [1.82, 2.24) is 4.31 Å². The van der Waals surface area contributed by atoms with Crippen LogP contribution < -0.4 is 15.2 Å². The quantitative estimate of drug-likeness (QED) is 0.609. The monoisotopic (exact) mass is 318 g/mol. The van der Waals surface area contributed by atoms with E-state index in [1.165, 1.54) is 26.4 Å². The summed E-state index contributed by atoms with van der Waals surface area (Å²) in [5.41, 5.74) is 5.89. The Labute approximate surface area is 122 Å². The zero-order valence-electron chi connectivity index (χ0n) is 11.7. The van der Waals surface area contributed by atoms with E-state index < -0.39 is 22.2 Å². The number of nitrogens with zero attached hydrogens (tertiary/aromatic N) is 1.